The minimum absolute atomic E-state index is 0.0974. The first-order valence-electron chi connectivity index (χ1n) is 10.7. The number of aromatic nitrogens is 3. The molecule has 1 N–H and O–H groups in total. The third kappa shape index (κ3) is 5.35. The average molecular weight is 504 g/mol. The molecule has 8 nitrogen and oxygen atoms in total. The highest BCUT2D eigenvalue weighted by Crippen LogP contribution is 2.44. The number of carboxylic acid groups (broad SMARTS) is 1. The van der Waals surface area contributed by atoms with Gasteiger partial charge in [-0.05, 0) is 56.5 Å². The van der Waals surface area contributed by atoms with Crippen LogP contribution in [0.3, 0.4) is 0 Å². The second-order valence-corrected chi connectivity index (χ2v) is 10.7. The summed E-state index contributed by atoms with van der Waals surface area (Å²) >= 11 is 3.19. The highest BCUT2D eigenvalue weighted by Gasteiger charge is 2.48. The van der Waals surface area contributed by atoms with Gasteiger partial charge in [0.25, 0.3) is 5.91 Å². The molecule has 1 saturated carbocycles. The van der Waals surface area contributed by atoms with E-state index >= 15 is 0 Å². The van der Waals surface area contributed by atoms with Crippen molar-refractivity contribution >= 4 is 34.7 Å². The van der Waals surface area contributed by atoms with Gasteiger partial charge in [0.15, 0.2) is 5.69 Å². The van der Waals surface area contributed by atoms with Crippen molar-refractivity contribution in [3.8, 4) is 0 Å². The molecule has 180 valence electrons. The zero-order chi connectivity index (χ0) is 23.8. The van der Waals surface area contributed by atoms with Gasteiger partial charge in [-0.2, -0.15) is 13.2 Å². The Balaban J connectivity index is 0.000000325. The first-order valence-corrected chi connectivity index (χ1v) is 12.3. The summed E-state index contributed by atoms with van der Waals surface area (Å²) in [6.07, 6.45) is 2.70. The van der Waals surface area contributed by atoms with Crippen molar-refractivity contribution in [1.82, 2.24) is 24.4 Å². The van der Waals surface area contributed by atoms with E-state index in [0.717, 1.165) is 42.5 Å². The van der Waals surface area contributed by atoms with Crippen LogP contribution < -0.4 is 0 Å². The van der Waals surface area contributed by atoms with Crippen LogP contribution in [0.2, 0.25) is 0 Å². The van der Waals surface area contributed by atoms with Crippen molar-refractivity contribution in [1.29, 1.82) is 0 Å². The van der Waals surface area contributed by atoms with Gasteiger partial charge in [0.2, 0.25) is 0 Å². The van der Waals surface area contributed by atoms with Crippen LogP contribution >= 0.6 is 22.9 Å². The summed E-state index contributed by atoms with van der Waals surface area (Å²) in [7, 11) is 0. The van der Waals surface area contributed by atoms with Crippen LogP contribution in [0.15, 0.2) is 6.20 Å². The summed E-state index contributed by atoms with van der Waals surface area (Å²) in [5.74, 6) is -2.13. The number of rotatable bonds is 4. The number of thiazole rings is 1. The van der Waals surface area contributed by atoms with Crippen molar-refractivity contribution in [2.24, 2.45) is 0 Å². The lowest BCUT2D eigenvalue weighted by Crippen LogP contribution is -2.66. The second-order valence-electron chi connectivity index (χ2n) is 8.63. The summed E-state index contributed by atoms with van der Waals surface area (Å²) in [6.45, 7) is 5.80. The van der Waals surface area contributed by atoms with Crippen molar-refractivity contribution in [3.63, 3.8) is 0 Å². The highest BCUT2D eigenvalue weighted by atomic mass is 32.1. The van der Waals surface area contributed by atoms with Gasteiger partial charge in [0.1, 0.15) is 0 Å². The van der Waals surface area contributed by atoms with Crippen LogP contribution in [0.1, 0.15) is 63.3 Å². The molecule has 1 unspecified atom stereocenters. The Bertz CT molecular complexity index is 1020. The van der Waals surface area contributed by atoms with Crippen LogP contribution in [-0.4, -0.2) is 72.7 Å². The molecule has 2 aromatic rings. The lowest BCUT2D eigenvalue weighted by Gasteiger charge is -2.57. The van der Waals surface area contributed by atoms with Crippen LogP contribution in [0.4, 0.5) is 13.2 Å². The maximum Gasteiger partial charge on any atom is 0.490 e. The summed E-state index contributed by atoms with van der Waals surface area (Å²) < 4.78 is 35.8. The van der Waals surface area contributed by atoms with Crippen LogP contribution in [-0.2, 0) is 11.3 Å². The molecule has 0 aromatic carbocycles. The first-order chi connectivity index (χ1) is 15.6. The molecule has 2 aliphatic heterocycles. The van der Waals surface area contributed by atoms with Gasteiger partial charge < -0.3 is 10.0 Å². The predicted molar refractivity (Wildman–Crippen MR) is 115 cm³/mol. The minimum Gasteiger partial charge on any atom is -0.475 e. The third-order valence-electron chi connectivity index (χ3n) is 6.28. The van der Waals surface area contributed by atoms with Gasteiger partial charge in [-0.1, -0.05) is 4.49 Å². The fraction of sp³-hybridized carbons (Fsp3) is 0.650. The lowest BCUT2D eigenvalue weighted by molar-refractivity contribution is -0.192. The Hall–Kier alpha value is -2.12. The summed E-state index contributed by atoms with van der Waals surface area (Å²) in [6, 6.07) is 0. The second kappa shape index (κ2) is 9.26. The van der Waals surface area contributed by atoms with Gasteiger partial charge in [-0.25, -0.2) is 9.78 Å². The Kier molecular flexibility index (Phi) is 6.74. The minimum atomic E-state index is -5.08. The maximum atomic E-state index is 13.1. The molecule has 2 saturated heterocycles. The van der Waals surface area contributed by atoms with E-state index in [1.165, 1.54) is 42.1 Å². The maximum absolute atomic E-state index is 13.1. The molecule has 2 aromatic heterocycles. The van der Waals surface area contributed by atoms with E-state index in [4.69, 9.17) is 9.90 Å². The van der Waals surface area contributed by atoms with Crippen LogP contribution in [0.25, 0.3) is 0 Å². The number of carboxylic acids is 1. The van der Waals surface area contributed by atoms with Crippen molar-refractivity contribution in [2.45, 2.75) is 63.2 Å². The average Bonchev–Trinajstić information content (AvgIpc) is 3.34. The van der Waals surface area contributed by atoms with E-state index in [2.05, 4.69) is 26.4 Å². The number of alkyl halides is 3. The Morgan fingerprint density at radius 3 is 2.55 bits per heavy atom. The molecule has 1 aliphatic carbocycles. The molecule has 3 aliphatic rings. The number of hydrogen-bond acceptors (Lipinski definition) is 8. The first kappa shape index (κ1) is 24.0. The van der Waals surface area contributed by atoms with Crippen molar-refractivity contribution in [2.75, 3.05) is 19.6 Å². The predicted octanol–water partition coefficient (Wildman–Crippen LogP) is 3.69. The third-order valence-corrected chi connectivity index (χ3v) is 8.07. The monoisotopic (exact) mass is 503 g/mol. The molecular weight excluding hydrogens is 479 g/mol. The van der Waals surface area contributed by atoms with Crippen LogP contribution in [0, 0.1) is 6.92 Å². The number of amides is 1. The lowest BCUT2D eigenvalue weighted by atomic mass is 9.77. The van der Waals surface area contributed by atoms with Crippen LogP contribution in [0.5, 0.6) is 0 Å². The molecule has 0 bridgehead atoms. The van der Waals surface area contributed by atoms with E-state index in [0.29, 0.717) is 11.6 Å². The number of carbonyl (C=O) groups is 2. The number of likely N-dealkylation sites (tertiary alicyclic amines) is 2. The fourth-order valence-corrected chi connectivity index (χ4v) is 5.98. The fourth-order valence-electron chi connectivity index (χ4n) is 4.36. The van der Waals surface area contributed by atoms with E-state index in [1.54, 1.807) is 11.3 Å². The number of aliphatic carboxylic acids is 1. The smallest absolute Gasteiger partial charge is 0.475 e. The summed E-state index contributed by atoms with van der Waals surface area (Å²) in [5, 5.41) is 12.4. The number of aryl methyl sites for hydroxylation is 1. The molecule has 33 heavy (non-hydrogen) atoms. The number of nitrogens with zero attached hydrogens (tertiary/aromatic N) is 5. The highest BCUT2D eigenvalue weighted by molar-refractivity contribution is 7.11. The van der Waals surface area contributed by atoms with Gasteiger partial charge >= 0.3 is 12.1 Å². The van der Waals surface area contributed by atoms with E-state index in [9.17, 15) is 18.0 Å². The number of hydrogen-bond donors (Lipinski definition) is 1. The number of piperidine rings is 1. The summed E-state index contributed by atoms with van der Waals surface area (Å²) in [5.41, 5.74) is 0.771. The normalized spacial score (nSPS) is 23.1. The standard InChI is InChI=1S/C18H23N5OS2.C2HF3O2/c1-12-19-9-14(25-12)10-23-8-6-18(23)5-2-7-22(11-18)17(24)15-16(13-3-4-13)26-21-20-15;3-2(4,5)1(6)7/h9,13H,2-8,10-11H2,1H3;(H,6,7). The largest absolute Gasteiger partial charge is 0.490 e. The van der Waals surface area contributed by atoms with E-state index in [-0.39, 0.29) is 11.4 Å². The molecule has 1 amide bonds. The van der Waals surface area contributed by atoms with Gasteiger partial charge in [-0.15, -0.1) is 16.4 Å². The zero-order valence-corrected chi connectivity index (χ0v) is 19.6. The molecule has 5 rings (SSSR count). The zero-order valence-electron chi connectivity index (χ0n) is 18.0. The Morgan fingerprint density at radius 1 is 1.27 bits per heavy atom. The molecule has 1 atom stereocenters. The molecule has 3 fully saturated rings. The molecular formula is C20H24F3N5O3S2. The summed E-state index contributed by atoms with van der Waals surface area (Å²) in [4.78, 5) is 33.4. The van der Waals surface area contributed by atoms with Gasteiger partial charge in [-0.3, -0.25) is 9.69 Å². The Morgan fingerprint density at radius 2 is 2.00 bits per heavy atom. The number of carbonyl (C=O) groups excluding carboxylic acids is 1. The van der Waals surface area contributed by atoms with Crippen molar-refractivity contribution in [3.05, 3.63) is 26.7 Å². The molecule has 1 spiro atoms. The molecule has 4 heterocycles. The Labute approximate surface area is 196 Å². The van der Waals surface area contributed by atoms with Crippen molar-refractivity contribution < 1.29 is 27.9 Å². The van der Waals surface area contributed by atoms with Gasteiger partial charge in [0.05, 0.1) is 9.88 Å². The van der Waals surface area contributed by atoms with Gasteiger partial charge in [0, 0.05) is 42.8 Å². The van der Waals surface area contributed by atoms with E-state index < -0.39 is 12.1 Å². The topological polar surface area (TPSA) is 99.5 Å². The molecule has 0 radical (unpaired) electrons. The SMILES string of the molecule is Cc1ncc(CN2CCC23CCCN(C(=O)c2nnsc2C2CC2)C3)s1.O=C(O)C(F)(F)F. The molecule has 13 heteroatoms. The number of halogens is 3. The van der Waals surface area contributed by atoms with E-state index in [1.807, 2.05) is 11.1 Å². The quantitative estimate of drug-likeness (QED) is 0.679.